The van der Waals surface area contributed by atoms with Crippen LogP contribution in [0.25, 0.3) is 11.2 Å². The molecule has 160 valence electrons. The van der Waals surface area contributed by atoms with Crippen LogP contribution in [0.15, 0.2) is 12.7 Å². The Kier molecular flexibility index (Phi) is 5.43. The number of fused-ring (bicyclic) bond motifs is 2. The van der Waals surface area contributed by atoms with E-state index >= 15 is 0 Å². The molecule has 2 aliphatic heterocycles. The van der Waals surface area contributed by atoms with E-state index in [0.717, 1.165) is 5.65 Å². The van der Waals surface area contributed by atoms with E-state index < -0.39 is 14.1 Å². The molecule has 0 aromatic carbocycles. The van der Waals surface area contributed by atoms with Crippen molar-refractivity contribution in [3.05, 3.63) is 17.8 Å². The van der Waals surface area contributed by atoms with Gasteiger partial charge in [-0.3, -0.25) is 0 Å². The Morgan fingerprint density at radius 2 is 1.90 bits per heavy atom. The number of hydrogen-bond donors (Lipinski definition) is 0. The van der Waals surface area contributed by atoms with Crippen molar-refractivity contribution in [1.29, 1.82) is 0 Å². The molecule has 0 spiro atoms. The molecule has 0 saturated carbocycles. The Morgan fingerprint density at radius 3 is 2.59 bits per heavy atom. The SMILES string of the molecule is CC1(C)O[C@@H]2[C@H](O1)[C@@H](CO[Si](C)(C)C(C)(C)C)[Se][C@H]2n1cnc2c(Cl)ncnc21. The monoisotopic (exact) mass is 504 g/mol. The van der Waals surface area contributed by atoms with Crippen LogP contribution in [0.4, 0.5) is 0 Å². The zero-order valence-corrected chi connectivity index (χ0v) is 21.4. The van der Waals surface area contributed by atoms with E-state index in [-0.39, 0.29) is 37.1 Å². The van der Waals surface area contributed by atoms with Crippen LogP contribution in [0.5, 0.6) is 0 Å². The number of rotatable bonds is 4. The second-order valence-electron chi connectivity index (χ2n) is 9.69. The zero-order valence-electron chi connectivity index (χ0n) is 18.0. The molecule has 7 nitrogen and oxygen atoms in total. The van der Waals surface area contributed by atoms with Crippen LogP contribution in [0.2, 0.25) is 28.1 Å². The first-order valence-corrected chi connectivity index (χ1v) is 15.1. The summed E-state index contributed by atoms with van der Waals surface area (Å²) in [6, 6.07) is 0. The van der Waals surface area contributed by atoms with Gasteiger partial charge in [0, 0.05) is 0 Å². The first-order chi connectivity index (χ1) is 13.4. The Labute approximate surface area is 184 Å². The summed E-state index contributed by atoms with van der Waals surface area (Å²) in [5.41, 5.74) is 1.37. The van der Waals surface area contributed by atoms with E-state index in [2.05, 4.69) is 53.4 Å². The standard InChI is InChI=1S/C19H29ClN4O3SeSi/c1-18(2,3)29(6,7)25-8-11-13-14(27-19(4,5)26-13)17(28-11)24-10-23-12-15(20)21-9-22-16(12)24/h9-11,13-14,17H,8H2,1-7H3/t11-,13-,14-,17-/m1/s1. The van der Waals surface area contributed by atoms with Gasteiger partial charge in [-0.25, -0.2) is 0 Å². The summed E-state index contributed by atoms with van der Waals surface area (Å²) in [5, 5.41) is 0.551. The molecule has 4 rings (SSSR count). The van der Waals surface area contributed by atoms with Crippen molar-refractivity contribution in [3.8, 4) is 0 Å². The van der Waals surface area contributed by atoms with E-state index in [1.54, 1.807) is 6.33 Å². The van der Waals surface area contributed by atoms with Gasteiger partial charge in [0.1, 0.15) is 0 Å². The van der Waals surface area contributed by atoms with Crippen LogP contribution in [0.1, 0.15) is 39.6 Å². The third-order valence-corrected chi connectivity index (χ3v) is 14.1. The second kappa shape index (κ2) is 7.26. The molecular weight excluding hydrogens is 475 g/mol. The summed E-state index contributed by atoms with van der Waals surface area (Å²) in [4.78, 5) is 13.4. The number of hydrogen-bond acceptors (Lipinski definition) is 6. The van der Waals surface area contributed by atoms with Crippen molar-refractivity contribution in [2.24, 2.45) is 0 Å². The molecule has 4 heterocycles. The molecule has 0 N–H and O–H groups in total. The fraction of sp³-hybridized carbons (Fsp3) is 0.737. The molecule has 2 fully saturated rings. The zero-order chi connectivity index (χ0) is 21.2. The fourth-order valence-electron chi connectivity index (χ4n) is 3.53. The Bertz CT molecular complexity index is 916. The van der Waals surface area contributed by atoms with Crippen molar-refractivity contribution in [2.45, 2.75) is 80.5 Å². The number of imidazole rings is 1. The molecule has 2 aromatic heterocycles. The summed E-state index contributed by atoms with van der Waals surface area (Å²) in [5.74, 6) is -0.609. The van der Waals surface area contributed by atoms with Gasteiger partial charge in [0.2, 0.25) is 0 Å². The summed E-state index contributed by atoms with van der Waals surface area (Å²) < 4.78 is 21.3. The summed E-state index contributed by atoms with van der Waals surface area (Å²) in [6.45, 7) is 16.1. The van der Waals surface area contributed by atoms with Gasteiger partial charge in [-0.1, -0.05) is 0 Å². The summed E-state index contributed by atoms with van der Waals surface area (Å²) >= 11 is 6.41. The minimum absolute atomic E-state index is 0.00882. The molecule has 4 atom stereocenters. The fourth-order valence-corrected chi connectivity index (χ4v) is 8.20. The van der Waals surface area contributed by atoms with Gasteiger partial charge in [0.05, 0.1) is 0 Å². The number of halogens is 1. The van der Waals surface area contributed by atoms with Gasteiger partial charge in [-0.05, 0) is 0 Å². The predicted molar refractivity (Wildman–Crippen MR) is 116 cm³/mol. The third-order valence-electron chi connectivity index (χ3n) is 6.13. The van der Waals surface area contributed by atoms with Crippen molar-refractivity contribution < 1.29 is 13.9 Å². The van der Waals surface area contributed by atoms with Gasteiger partial charge in [0.25, 0.3) is 0 Å². The van der Waals surface area contributed by atoms with E-state index in [4.69, 9.17) is 25.5 Å². The summed E-state index contributed by atoms with van der Waals surface area (Å²) in [7, 11) is -1.84. The van der Waals surface area contributed by atoms with Gasteiger partial charge >= 0.3 is 184 Å². The maximum absolute atomic E-state index is 6.57. The van der Waals surface area contributed by atoms with Crippen LogP contribution in [-0.4, -0.2) is 67.4 Å². The molecule has 0 bridgehead atoms. The van der Waals surface area contributed by atoms with Gasteiger partial charge < -0.3 is 0 Å². The van der Waals surface area contributed by atoms with Crippen molar-refractivity contribution in [3.63, 3.8) is 0 Å². The Balaban J connectivity index is 1.62. The first kappa shape index (κ1) is 21.7. The minimum atomic E-state index is -1.84. The van der Waals surface area contributed by atoms with Crippen LogP contribution in [0, 0.1) is 0 Å². The number of aromatic nitrogens is 4. The normalized spacial score (nSPS) is 29.5. The Hall–Kier alpha value is -0.544. The third kappa shape index (κ3) is 3.91. The van der Waals surface area contributed by atoms with Crippen LogP contribution in [0.3, 0.4) is 0 Å². The van der Waals surface area contributed by atoms with Gasteiger partial charge in [-0.2, -0.15) is 0 Å². The second-order valence-corrected chi connectivity index (χ2v) is 17.7. The van der Waals surface area contributed by atoms with Gasteiger partial charge in [-0.15, -0.1) is 0 Å². The topological polar surface area (TPSA) is 71.3 Å². The molecular formula is C19H29ClN4O3SeSi. The van der Waals surface area contributed by atoms with Crippen LogP contribution >= 0.6 is 11.6 Å². The molecule has 2 aliphatic rings. The number of ether oxygens (including phenoxy) is 2. The molecule has 0 aliphatic carbocycles. The van der Waals surface area contributed by atoms with Gasteiger partial charge in [0.15, 0.2) is 0 Å². The first-order valence-electron chi connectivity index (χ1n) is 9.88. The van der Waals surface area contributed by atoms with Crippen molar-refractivity contribution in [1.82, 2.24) is 19.5 Å². The average molecular weight is 504 g/mol. The van der Waals surface area contributed by atoms with E-state index in [9.17, 15) is 0 Å². The van der Waals surface area contributed by atoms with E-state index in [1.165, 1.54) is 6.33 Å². The Morgan fingerprint density at radius 1 is 1.21 bits per heavy atom. The molecule has 2 aromatic rings. The van der Waals surface area contributed by atoms with Crippen LogP contribution in [-0.2, 0) is 13.9 Å². The quantitative estimate of drug-likeness (QED) is 0.463. The van der Waals surface area contributed by atoms with Crippen molar-refractivity contribution >= 4 is 46.0 Å². The molecule has 0 amide bonds. The van der Waals surface area contributed by atoms with Crippen LogP contribution < -0.4 is 0 Å². The molecule has 29 heavy (non-hydrogen) atoms. The maximum atomic E-state index is 6.57. The average Bonchev–Trinajstić information content (AvgIpc) is 3.24. The number of nitrogens with zero attached hydrogens (tertiary/aromatic N) is 4. The van der Waals surface area contributed by atoms with Crippen molar-refractivity contribution in [2.75, 3.05) is 6.61 Å². The molecule has 10 heteroatoms. The summed E-state index contributed by atoms with van der Waals surface area (Å²) in [6.07, 6.45) is 3.25. The van der Waals surface area contributed by atoms with E-state index in [0.29, 0.717) is 22.1 Å². The predicted octanol–water partition coefficient (Wildman–Crippen LogP) is 4.03. The molecule has 0 unspecified atom stereocenters. The van der Waals surface area contributed by atoms with E-state index in [1.807, 2.05) is 13.8 Å². The molecule has 0 radical (unpaired) electrons. The molecule has 2 saturated heterocycles.